The lowest BCUT2D eigenvalue weighted by molar-refractivity contribution is -0.146. The maximum absolute atomic E-state index is 13.8. The molecule has 2 heterocycles. The van der Waals surface area contributed by atoms with Crippen LogP contribution >= 0.6 is 0 Å². The van der Waals surface area contributed by atoms with E-state index >= 15 is 0 Å². The van der Waals surface area contributed by atoms with Crippen molar-refractivity contribution in [2.75, 3.05) is 19.5 Å². The molecule has 0 aliphatic carbocycles. The summed E-state index contributed by atoms with van der Waals surface area (Å²) >= 11 is 0. The second kappa shape index (κ2) is 8.37. The van der Waals surface area contributed by atoms with Crippen LogP contribution in [0.1, 0.15) is 29.2 Å². The number of benzene rings is 3. The van der Waals surface area contributed by atoms with E-state index in [-0.39, 0.29) is 17.9 Å². The summed E-state index contributed by atoms with van der Waals surface area (Å²) in [5, 5.41) is 3.07. The summed E-state index contributed by atoms with van der Waals surface area (Å²) in [5.74, 6) is 0.230. The minimum absolute atomic E-state index is 0.107. The van der Waals surface area contributed by atoms with Crippen LogP contribution in [0.2, 0.25) is 0 Å². The van der Waals surface area contributed by atoms with Gasteiger partial charge in [-0.3, -0.25) is 14.5 Å². The van der Waals surface area contributed by atoms with Gasteiger partial charge in [0.15, 0.2) is 0 Å². The van der Waals surface area contributed by atoms with E-state index in [2.05, 4.69) is 10.2 Å². The Hall–Kier alpha value is -3.64. The highest BCUT2D eigenvalue weighted by Crippen LogP contribution is 2.57. The number of ether oxygens (including phenoxy) is 2. The highest BCUT2D eigenvalue weighted by atomic mass is 16.5. The molecule has 1 saturated heterocycles. The predicted molar refractivity (Wildman–Crippen MR) is 125 cm³/mol. The maximum Gasteiger partial charge on any atom is 0.323 e. The van der Waals surface area contributed by atoms with Gasteiger partial charge in [-0.05, 0) is 29.2 Å². The van der Waals surface area contributed by atoms with Gasteiger partial charge in [0.05, 0.1) is 25.7 Å². The van der Waals surface area contributed by atoms with Gasteiger partial charge in [-0.1, -0.05) is 66.7 Å². The maximum atomic E-state index is 13.8. The SMILES string of the molecule is COC(=O)[C@@H]1C[C@@]2(C(=O)Nc3cc(OC)ccc32)[C@H](c2ccccc2)N1Cc1ccccc1. The molecule has 6 heteroatoms. The van der Waals surface area contributed by atoms with Crippen LogP contribution < -0.4 is 10.1 Å². The molecule has 0 radical (unpaired) electrons. The number of carbonyl (C=O) groups is 2. The molecule has 1 amide bonds. The van der Waals surface area contributed by atoms with Gasteiger partial charge in [-0.2, -0.15) is 0 Å². The first-order valence-corrected chi connectivity index (χ1v) is 11.0. The van der Waals surface area contributed by atoms with Crippen LogP contribution in [0.15, 0.2) is 78.9 Å². The van der Waals surface area contributed by atoms with Gasteiger partial charge in [0, 0.05) is 18.3 Å². The van der Waals surface area contributed by atoms with Crippen LogP contribution in [0.25, 0.3) is 0 Å². The zero-order chi connectivity index (χ0) is 23.0. The van der Waals surface area contributed by atoms with Crippen LogP contribution in [0.3, 0.4) is 0 Å². The van der Waals surface area contributed by atoms with Crippen molar-refractivity contribution in [2.24, 2.45) is 0 Å². The molecule has 168 valence electrons. The Labute approximate surface area is 193 Å². The number of hydrogen-bond donors (Lipinski definition) is 1. The van der Waals surface area contributed by atoms with E-state index in [1.807, 2.05) is 78.9 Å². The molecule has 3 aromatic rings. The van der Waals surface area contributed by atoms with Crippen molar-refractivity contribution in [3.63, 3.8) is 0 Å². The minimum atomic E-state index is -0.934. The van der Waals surface area contributed by atoms with Gasteiger partial charge < -0.3 is 14.8 Å². The van der Waals surface area contributed by atoms with Gasteiger partial charge in [0.2, 0.25) is 5.91 Å². The number of hydrogen-bond acceptors (Lipinski definition) is 5. The molecule has 2 aliphatic rings. The van der Waals surface area contributed by atoms with Crippen LogP contribution in [0.4, 0.5) is 5.69 Å². The lowest BCUT2D eigenvalue weighted by atomic mass is 9.72. The fourth-order valence-electron chi connectivity index (χ4n) is 5.43. The quantitative estimate of drug-likeness (QED) is 0.604. The van der Waals surface area contributed by atoms with Crippen LogP contribution in [0.5, 0.6) is 5.75 Å². The van der Waals surface area contributed by atoms with E-state index < -0.39 is 11.5 Å². The smallest absolute Gasteiger partial charge is 0.323 e. The van der Waals surface area contributed by atoms with Crippen LogP contribution in [-0.4, -0.2) is 37.0 Å². The molecular formula is C27H26N2O4. The first-order valence-electron chi connectivity index (χ1n) is 11.0. The largest absolute Gasteiger partial charge is 0.497 e. The molecule has 1 N–H and O–H groups in total. The average Bonchev–Trinajstić information content (AvgIpc) is 3.34. The van der Waals surface area contributed by atoms with Gasteiger partial charge in [0.1, 0.15) is 11.8 Å². The summed E-state index contributed by atoms with van der Waals surface area (Å²) in [6.07, 6.45) is 0.331. The Morgan fingerprint density at radius 3 is 2.39 bits per heavy atom. The molecule has 0 bridgehead atoms. The topological polar surface area (TPSA) is 67.9 Å². The first kappa shape index (κ1) is 21.2. The summed E-state index contributed by atoms with van der Waals surface area (Å²) in [7, 11) is 3.00. The fraction of sp³-hybridized carbons (Fsp3) is 0.259. The fourth-order valence-corrected chi connectivity index (χ4v) is 5.43. The average molecular weight is 443 g/mol. The summed E-state index contributed by atoms with van der Waals surface area (Å²) in [5.41, 5.74) is 2.73. The number of anilines is 1. The van der Waals surface area contributed by atoms with E-state index in [0.29, 0.717) is 18.7 Å². The number of rotatable bonds is 5. The highest BCUT2D eigenvalue weighted by Gasteiger charge is 2.63. The molecule has 0 unspecified atom stereocenters. The van der Waals surface area contributed by atoms with E-state index in [1.165, 1.54) is 7.11 Å². The number of nitrogens with one attached hydrogen (secondary N) is 1. The number of esters is 1. The third-order valence-electron chi connectivity index (χ3n) is 6.87. The normalized spacial score (nSPS) is 23.9. The number of methoxy groups -OCH3 is 2. The standard InChI is InChI=1S/C27H26N2O4/c1-32-20-13-14-21-22(15-20)28-26(31)27(21)16-23(25(30)33-2)29(17-18-9-5-3-6-10-18)24(27)19-11-7-4-8-12-19/h3-15,23-24H,16-17H2,1-2H3,(H,28,31)/t23-,24-,27-/m0/s1. The Kier molecular flexibility index (Phi) is 5.38. The molecule has 6 nitrogen and oxygen atoms in total. The van der Waals surface area contributed by atoms with Crippen molar-refractivity contribution in [2.45, 2.75) is 30.5 Å². The Morgan fingerprint density at radius 2 is 1.73 bits per heavy atom. The molecule has 0 aromatic heterocycles. The van der Waals surface area contributed by atoms with Crippen molar-refractivity contribution in [1.29, 1.82) is 0 Å². The van der Waals surface area contributed by atoms with Crippen LogP contribution in [0, 0.1) is 0 Å². The zero-order valence-electron chi connectivity index (χ0n) is 18.7. The molecule has 2 aliphatic heterocycles. The number of likely N-dealkylation sites (tertiary alicyclic amines) is 1. The first-order chi connectivity index (χ1) is 16.1. The van der Waals surface area contributed by atoms with Crippen molar-refractivity contribution in [3.8, 4) is 5.75 Å². The molecule has 5 rings (SSSR count). The van der Waals surface area contributed by atoms with Crippen molar-refractivity contribution in [3.05, 3.63) is 95.6 Å². The lowest BCUT2D eigenvalue weighted by Crippen LogP contribution is -2.41. The summed E-state index contributed by atoms with van der Waals surface area (Å²) in [4.78, 5) is 28.9. The second-order valence-corrected chi connectivity index (χ2v) is 8.55. The molecule has 3 atom stereocenters. The number of fused-ring (bicyclic) bond motifs is 2. The number of carbonyl (C=O) groups excluding carboxylic acids is 2. The Bertz CT molecular complexity index is 1180. The highest BCUT2D eigenvalue weighted by molar-refractivity contribution is 6.08. The molecule has 1 spiro atoms. The van der Waals surface area contributed by atoms with Gasteiger partial charge in [-0.25, -0.2) is 0 Å². The third kappa shape index (κ3) is 3.38. The van der Waals surface area contributed by atoms with E-state index in [4.69, 9.17) is 9.47 Å². The number of nitrogens with zero attached hydrogens (tertiary/aromatic N) is 1. The summed E-state index contributed by atoms with van der Waals surface area (Å²) < 4.78 is 10.6. The van der Waals surface area contributed by atoms with Crippen molar-refractivity contribution >= 4 is 17.6 Å². The third-order valence-corrected chi connectivity index (χ3v) is 6.87. The monoisotopic (exact) mass is 442 g/mol. The molecular weight excluding hydrogens is 416 g/mol. The zero-order valence-corrected chi connectivity index (χ0v) is 18.7. The van der Waals surface area contributed by atoms with Crippen molar-refractivity contribution < 1.29 is 19.1 Å². The van der Waals surface area contributed by atoms with E-state index in [0.717, 1.165) is 22.4 Å². The van der Waals surface area contributed by atoms with Gasteiger partial charge >= 0.3 is 5.97 Å². The minimum Gasteiger partial charge on any atom is -0.497 e. The lowest BCUT2D eigenvalue weighted by Gasteiger charge is -2.35. The van der Waals surface area contributed by atoms with Crippen molar-refractivity contribution in [1.82, 2.24) is 4.90 Å². The van der Waals surface area contributed by atoms with Crippen LogP contribution in [-0.2, 0) is 26.3 Å². The Balaban J connectivity index is 1.71. The van der Waals surface area contributed by atoms with Gasteiger partial charge in [-0.15, -0.1) is 0 Å². The Morgan fingerprint density at radius 1 is 1.03 bits per heavy atom. The van der Waals surface area contributed by atoms with E-state index in [1.54, 1.807) is 7.11 Å². The second-order valence-electron chi connectivity index (χ2n) is 8.55. The summed E-state index contributed by atoms with van der Waals surface area (Å²) in [6.45, 7) is 0.515. The number of amides is 1. The molecule has 3 aromatic carbocycles. The molecule has 33 heavy (non-hydrogen) atoms. The van der Waals surface area contributed by atoms with E-state index in [9.17, 15) is 9.59 Å². The summed E-state index contributed by atoms with van der Waals surface area (Å²) in [6, 6.07) is 24.7. The predicted octanol–water partition coefficient (Wildman–Crippen LogP) is 4.07. The molecule has 1 fully saturated rings. The van der Waals surface area contributed by atoms with Gasteiger partial charge in [0.25, 0.3) is 0 Å². The molecule has 0 saturated carbocycles.